The van der Waals surface area contributed by atoms with E-state index in [-0.39, 0.29) is 5.91 Å². The van der Waals surface area contributed by atoms with E-state index in [2.05, 4.69) is 24.1 Å². The zero-order valence-electron chi connectivity index (χ0n) is 10.0. The van der Waals surface area contributed by atoms with Gasteiger partial charge in [0, 0.05) is 23.8 Å². The zero-order valence-corrected chi connectivity index (χ0v) is 10.9. The summed E-state index contributed by atoms with van der Waals surface area (Å²) in [6.45, 7) is 4.74. The van der Waals surface area contributed by atoms with Crippen LogP contribution < -0.4 is 5.32 Å². The van der Waals surface area contributed by atoms with Crippen LogP contribution in [-0.4, -0.2) is 10.9 Å². The summed E-state index contributed by atoms with van der Waals surface area (Å²) in [5.74, 6) is 0.0130. The molecule has 0 aliphatic heterocycles. The summed E-state index contributed by atoms with van der Waals surface area (Å²) in [7, 11) is 0. The number of aromatic nitrogens is 1. The van der Waals surface area contributed by atoms with Crippen molar-refractivity contribution in [2.75, 3.05) is 0 Å². The van der Waals surface area contributed by atoms with Gasteiger partial charge in [0.05, 0.1) is 4.88 Å². The fourth-order valence-corrected chi connectivity index (χ4v) is 2.75. The number of carbonyl (C=O) groups is 1. The maximum Gasteiger partial charge on any atom is 0.261 e. The first-order valence-electron chi connectivity index (χ1n) is 5.70. The molecule has 1 amide bonds. The highest BCUT2D eigenvalue weighted by Crippen LogP contribution is 2.21. The maximum absolute atomic E-state index is 11.9. The van der Waals surface area contributed by atoms with Crippen molar-refractivity contribution in [2.45, 2.75) is 26.8 Å². The first-order chi connectivity index (χ1) is 8.20. The molecule has 0 spiro atoms. The van der Waals surface area contributed by atoms with E-state index >= 15 is 0 Å². The van der Waals surface area contributed by atoms with Crippen molar-refractivity contribution in [1.82, 2.24) is 10.3 Å². The van der Waals surface area contributed by atoms with Gasteiger partial charge in [0.2, 0.25) is 0 Å². The molecule has 4 heteroatoms. The van der Waals surface area contributed by atoms with Crippen LogP contribution in [0.2, 0.25) is 0 Å². The smallest absolute Gasteiger partial charge is 0.261 e. The average molecular weight is 248 g/mol. The van der Waals surface area contributed by atoms with Gasteiger partial charge in [-0.2, -0.15) is 0 Å². The van der Waals surface area contributed by atoms with E-state index < -0.39 is 0 Å². The lowest BCUT2D eigenvalue weighted by molar-refractivity contribution is 0.0955. The number of rotatable bonds is 4. The molecule has 2 rings (SSSR count). The van der Waals surface area contributed by atoms with E-state index in [1.165, 1.54) is 10.4 Å². The van der Waals surface area contributed by atoms with Gasteiger partial charge in [-0.25, -0.2) is 0 Å². The predicted octanol–water partition coefficient (Wildman–Crippen LogP) is 2.88. The SMILES string of the molecule is CCc1cc(C(=O)NCc2cc[nH]c2)sc1C. The Labute approximate surface area is 105 Å². The molecule has 0 aliphatic rings. The summed E-state index contributed by atoms with van der Waals surface area (Å²) >= 11 is 1.56. The van der Waals surface area contributed by atoms with Crippen LogP contribution in [0.4, 0.5) is 0 Å². The van der Waals surface area contributed by atoms with E-state index in [4.69, 9.17) is 0 Å². The van der Waals surface area contributed by atoms with Crippen molar-refractivity contribution in [2.24, 2.45) is 0 Å². The number of aromatic amines is 1. The van der Waals surface area contributed by atoms with Crippen LogP contribution in [0.25, 0.3) is 0 Å². The van der Waals surface area contributed by atoms with Gasteiger partial charge in [0.25, 0.3) is 5.91 Å². The number of hydrogen-bond acceptors (Lipinski definition) is 2. The molecule has 0 aromatic carbocycles. The summed E-state index contributed by atoms with van der Waals surface area (Å²) < 4.78 is 0. The molecule has 2 N–H and O–H groups in total. The normalized spacial score (nSPS) is 10.5. The summed E-state index contributed by atoms with van der Waals surface area (Å²) in [6, 6.07) is 3.95. The third kappa shape index (κ3) is 2.77. The van der Waals surface area contributed by atoms with Crippen molar-refractivity contribution >= 4 is 17.2 Å². The predicted molar refractivity (Wildman–Crippen MR) is 70.4 cm³/mol. The Hall–Kier alpha value is -1.55. The van der Waals surface area contributed by atoms with E-state index in [0.29, 0.717) is 6.54 Å². The molecule has 0 aliphatic carbocycles. The number of hydrogen-bond donors (Lipinski definition) is 2. The van der Waals surface area contributed by atoms with Crippen LogP contribution in [-0.2, 0) is 13.0 Å². The minimum atomic E-state index is 0.0130. The summed E-state index contributed by atoms with van der Waals surface area (Å²) in [5, 5.41) is 2.92. The first-order valence-corrected chi connectivity index (χ1v) is 6.51. The van der Waals surface area contributed by atoms with E-state index in [1.54, 1.807) is 11.3 Å². The number of nitrogens with one attached hydrogen (secondary N) is 2. The quantitative estimate of drug-likeness (QED) is 0.858. The molecule has 90 valence electrons. The molecule has 17 heavy (non-hydrogen) atoms. The highest BCUT2D eigenvalue weighted by Gasteiger charge is 2.11. The number of H-pyrrole nitrogens is 1. The molecular formula is C13H16N2OS. The molecular weight excluding hydrogens is 232 g/mol. The lowest BCUT2D eigenvalue weighted by Gasteiger charge is -2.00. The Morgan fingerprint density at radius 3 is 2.94 bits per heavy atom. The summed E-state index contributed by atoms with van der Waals surface area (Å²) in [5.41, 5.74) is 2.35. The number of aryl methyl sites for hydroxylation is 2. The van der Waals surface area contributed by atoms with Gasteiger partial charge in [0.15, 0.2) is 0 Å². The van der Waals surface area contributed by atoms with Crippen molar-refractivity contribution in [3.63, 3.8) is 0 Å². The van der Waals surface area contributed by atoms with E-state index in [9.17, 15) is 4.79 Å². The third-order valence-electron chi connectivity index (χ3n) is 2.74. The Morgan fingerprint density at radius 1 is 1.53 bits per heavy atom. The van der Waals surface area contributed by atoms with Gasteiger partial charge in [-0.15, -0.1) is 11.3 Å². The van der Waals surface area contributed by atoms with Gasteiger partial charge in [0.1, 0.15) is 0 Å². The number of amides is 1. The van der Waals surface area contributed by atoms with Crippen LogP contribution in [0.1, 0.15) is 32.6 Å². The topological polar surface area (TPSA) is 44.9 Å². The Kier molecular flexibility index (Phi) is 3.64. The molecule has 3 nitrogen and oxygen atoms in total. The van der Waals surface area contributed by atoms with Crippen molar-refractivity contribution < 1.29 is 4.79 Å². The fraction of sp³-hybridized carbons (Fsp3) is 0.308. The monoisotopic (exact) mass is 248 g/mol. The molecule has 0 saturated carbocycles. The molecule has 0 fully saturated rings. The number of carbonyl (C=O) groups excluding carboxylic acids is 1. The second kappa shape index (κ2) is 5.19. The Morgan fingerprint density at radius 2 is 2.35 bits per heavy atom. The van der Waals surface area contributed by atoms with E-state index in [0.717, 1.165) is 16.9 Å². The first kappa shape index (κ1) is 11.9. The molecule has 2 heterocycles. The van der Waals surface area contributed by atoms with Gasteiger partial charge >= 0.3 is 0 Å². The standard InChI is InChI=1S/C13H16N2OS/c1-3-11-6-12(17-9(11)2)13(16)15-8-10-4-5-14-7-10/h4-7,14H,3,8H2,1-2H3,(H,15,16). The highest BCUT2D eigenvalue weighted by molar-refractivity contribution is 7.14. The van der Waals surface area contributed by atoms with Crippen LogP contribution in [0, 0.1) is 6.92 Å². The maximum atomic E-state index is 11.9. The second-order valence-electron chi connectivity index (χ2n) is 3.95. The van der Waals surface area contributed by atoms with Gasteiger partial charge in [-0.05, 0) is 36.6 Å². The lowest BCUT2D eigenvalue weighted by Crippen LogP contribution is -2.21. The summed E-state index contributed by atoms with van der Waals surface area (Å²) in [4.78, 5) is 16.9. The Bertz CT molecular complexity index is 499. The molecule has 2 aromatic rings. The molecule has 0 unspecified atom stereocenters. The second-order valence-corrected chi connectivity index (χ2v) is 5.20. The minimum absolute atomic E-state index is 0.0130. The Balaban J connectivity index is 1.99. The van der Waals surface area contributed by atoms with Crippen LogP contribution in [0.5, 0.6) is 0 Å². The van der Waals surface area contributed by atoms with E-state index in [1.807, 2.05) is 24.5 Å². The van der Waals surface area contributed by atoms with Gasteiger partial charge in [-0.3, -0.25) is 4.79 Å². The minimum Gasteiger partial charge on any atom is -0.367 e. The molecule has 0 bridgehead atoms. The third-order valence-corrected chi connectivity index (χ3v) is 3.83. The number of thiophene rings is 1. The zero-order chi connectivity index (χ0) is 12.3. The molecule has 0 saturated heterocycles. The van der Waals surface area contributed by atoms with Crippen LogP contribution in [0.3, 0.4) is 0 Å². The van der Waals surface area contributed by atoms with Crippen LogP contribution in [0.15, 0.2) is 24.5 Å². The van der Waals surface area contributed by atoms with Crippen molar-refractivity contribution in [3.8, 4) is 0 Å². The molecule has 0 radical (unpaired) electrons. The van der Waals surface area contributed by atoms with Gasteiger partial charge in [-0.1, -0.05) is 6.92 Å². The van der Waals surface area contributed by atoms with Gasteiger partial charge < -0.3 is 10.3 Å². The van der Waals surface area contributed by atoms with Crippen molar-refractivity contribution in [1.29, 1.82) is 0 Å². The summed E-state index contributed by atoms with van der Waals surface area (Å²) in [6.07, 6.45) is 4.72. The lowest BCUT2D eigenvalue weighted by atomic mass is 10.2. The molecule has 2 aromatic heterocycles. The molecule has 0 atom stereocenters. The highest BCUT2D eigenvalue weighted by atomic mass is 32.1. The van der Waals surface area contributed by atoms with Crippen LogP contribution >= 0.6 is 11.3 Å². The largest absolute Gasteiger partial charge is 0.367 e. The van der Waals surface area contributed by atoms with Crippen molar-refractivity contribution in [3.05, 3.63) is 45.4 Å². The fourth-order valence-electron chi connectivity index (χ4n) is 1.72. The average Bonchev–Trinajstić information content (AvgIpc) is 2.94.